The third-order valence-corrected chi connectivity index (χ3v) is 2.24. The molecule has 0 fully saturated rings. The van der Waals surface area contributed by atoms with Gasteiger partial charge in [-0.3, -0.25) is 0 Å². The van der Waals surface area contributed by atoms with Crippen LogP contribution in [0.2, 0.25) is 0 Å². The minimum absolute atomic E-state index is 0.243. The number of hydrogen-bond acceptors (Lipinski definition) is 3. The number of esters is 1. The van der Waals surface area contributed by atoms with Crippen LogP contribution in [0, 0.1) is 0 Å². The lowest BCUT2D eigenvalue weighted by Gasteiger charge is -2.10. The molecule has 0 aliphatic heterocycles. The Hall–Kier alpha value is -0.570. The normalized spacial score (nSPS) is 12.5. The average Bonchev–Trinajstić information content (AvgIpc) is 2.23. The molecule has 0 spiro atoms. The van der Waals surface area contributed by atoms with Gasteiger partial charge in [-0.2, -0.15) is 0 Å². The van der Waals surface area contributed by atoms with Crippen LogP contribution >= 0.6 is 0 Å². The van der Waals surface area contributed by atoms with Crippen molar-refractivity contribution in [3.63, 3.8) is 0 Å². The van der Waals surface area contributed by atoms with E-state index in [0.29, 0.717) is 13.2 Å². The van der Waals surface area contributed by atoms with Crippen molar-refractivity contribution in [2.75, 3.05) is 13.2 Å². The minimum atomic E-state index is -0.425. The van der Waals surface area contributed by atoms with Gasteiger partial charge in [0.25, 0.3) is 0 Å². The summed E-state index contributed by atoms with van der Waals surface area (Å²) in [5.41, 5.74) is 0. The summed E-state index contributed by atoms with van der Waals surface area (Å²) < 4.78 is 10.2. The van der Waals surface area contributed by atoms with Crippen molar-refractivity contribution >= 4 is 5.97 Å². The van der Waals surface area contributed by atoms with Crippen molar-refractivity contribution in [3.8, 4) is 0 Å². The van der Waals surface area contributed by atoms with Gasteiger partial charge in [0.05, 0.1) is 6.61 Å². The molecule has 0 aromatic rings. The second-order valence-electron chi connectivity index (χ2n) is 3.68. The molecule has 15 heavy (non-hydrogen) atoms. The van der Waals surface area contributed by atoms with Gasteiger partial charge in [-0.15, -0.1) is 0 Å². The number of carbonyl (C=O) groups excluding carboxylic acids is 1. The number of ether oxygens (including phenoxy) is 2. The van der Waals surface area contributed by atoms with Gasteiger partial charge in [0.15, 0.2) is 6.10 Å². The highest BCUT2D eigenvalue weighted by molar-refractivity contribution is 5.74. The zero-order valence-corrected chi connectivity index (χ0v) is 10.3. The second kappa shape index (κ2) is 9.97. The Morgan fingerprint density at radius 1 is 1.13 bits per heavy atom. The van der Waals surface area contributed by atoms with Gasteiger partial charge < -0.3 is 9.47 Å². The molecular weight excluding hydrogens is 192 g/mol. The third-order valence-electron chi connectivity index (χ3n) is 2.24. The first kappa shape index (κ1) is 14.4. The molecule has 0 rings (SSSR count). The van der Waals surface area contributed by atoms with Crippen LogP contribution in [-0.4, -0.2) is 25.3 Å². The maximum Gasteiger partial charge on any atom is 0.334 e. The molecule has 0 saturated carbocycles. The van der Waals surface area contributed by atoms with E-state index in [-0.39, 0.29) is 5.97 Å². The standard InChI is InChI=1S/C12H24O3/c1-4-6-7-8-9-10-15-12(13)11(3)14-5-2/h11H,4-10H2,1-3H3. The lowest BCUT2D eigenvalue weighted by molar-refractivity contribution is -0.155. The largest absolute Gasteiger partial charge is 0.464 e. The predicted molar refractivity (Wildman–Crippen MR) is 60.8 cm³/mol. The topological polar surface area (TPSA) is 35.5 Å². The minimum Gasteiger partial charge on any atom is -0.464 e. The van der Waals surface area contributed by atoms with Crippen molar-refractivity contribution in [2.24, 2.45) is 0 Å². The molecule has 0 aliphatic rings. The summed E-state index contributed by atoms with van der Waals surface area (Å²) in [5, 5.41) is 0. The maximum atomic E-state index is 11.3. The van der Waals surface area contributed by atoms with E-state index in [0.717, 1.165) is 12.8 Å². The SMILES string of the molecule is CCCCCCCOC(=O)C(C)OCC. The molecule has 3 heteroatoms. The summed E-state index contributed by atoms with van der Waals surface area (Å²) in [7, 11) is 0. The molecule has 0 aromatic carbocycles. The molecule has 0 bridgehead atoms. The summed E-state index contributed by atoms with van der Waals surface area (Å²) in [6.45, 7) is 6.86. The van der Waals surface area contributed by atoms with Gasteiger partial charge in [0.2, 0.25) is 0 Å². The van der Waals surface area contributed by atoms with Crippen LogP contribution in [0.3, 0.4) is 0 Å². The van der Waals surface area contributed by atoms with Gasteiger partial charge in [-0.25, -0.2) is 4.79 Å². The van der Waals surface area contributed by atoms with Crippen LogP contribution in [0.5, 0.6) is 0 Å². The molecule has 90 valence electrons. The van der Waals surface area contributed by atoms with Gasteiger partial charge in [0, 0.05) is 6.61 Å². The molecular formula is C12H24O3. The lowest BCUT2D eigenvalue weighted by Crippen LogP contribution is -2.23. The summed E-state index contributed by atoms with van der Waals surface area (Å²) in [4.78, 5) is 11.3. The fourth-order valence-electron chi connectivity index (χ4n) is 1.31. The molecule has 1 unspecified atom stereocenters. The highest BCUT2D eigenvalue weighted by atomic mass is 16.6. The molecule has 0 aromatic heterocycles. The molecule has 0 heterocycles. The van der Waals surface area contributed by atoms with Crippen molar-refractivity contribution < 1.29 is 14.3 Å². The molecule has 0 saturated heterocycles. The van der Waals surface area contributed by atoms with Gasteiger partial charge in [0.1, 0.15) is 0 Å². The zero-order chi connectivity index (χ0) is 11.5. The Bertz CT molecular complexity index is 157. The maximum absolute atomic E-state index is 11.3. The van der Waals surface area contributed by atoms with E-state index < -0.39 is 6.10 Å². The molecule has 3 nitrogen and oxygen atoms in total. The van der Waals surface area contributed by atoms with Gasteiger partial charge in [-0.05, 0) is 20.3 Å². The number of rotatable bonds is 9. The van der Waals surface area contributed by atoms with Gasteiger partial charge >= 0.3 is 5.97 Å². The monoisotopic (exact) mass is 216 g/mol. The Morgan fingerprint density at radius 2 is 1.80 bits per heavy atom. The van der Waals surface area contributed by atoms with Crippen LogP contribution in [0.1, 0.15) is 52.9 Å². The van der Waals surface area contributed by atoms with Crippen molar-refractivity contribution in [1.29, 1.82) is 0 Å². The van der Waals surface area contributed by atoms with Crippen molar-refractivity contribution in [2.45, 2.75) is 59.0 Å². The van der Waals surface area contributed by atoms with E-state index in [9.17, 15) is 4.79 Å². The number of hydrogen-bond donors (Lipinski definition) is 0. The fourth-order valence-corrected chi connectivity index (χ4v) is 1.31. The summed E-state index contributed by atoms with van der Waals surface area (Å²) in [5.74, 6) is -0.243. The Kier molecular flexibility index (Phi) is 9.59. The van der Waals surface area contributed by atoms with Gasteiger partial charge in [-0.1, -0.05) is 32.6 Å². The van der Waals surface area contributed by atoms with Crippen LogP contribution in [-0.2, 0) is 14.3 Å². The second-order valence-corrected chi connectivity index (χ2v) is 3.68. The Labute approximate surface area is 93.1 Å². The number of carbonyl (C=O) groups is 1. The molecule has 0 amide bonds. The smallest absolute Gasteiger partial charge is 0.334 e. The van der Waals surface area contributed by atoms with E-state index in [2.05, 4.69) is 6.92 Å². The van der Waals surface area contributed by atoms with E-state index in [1.165, 1.54) is 19.3 Å². The Balaban J connectivity index is 3.30. The quantitative estimate of drug-likeness (QED) is 0.439. The summed E-state index contributed by atoms with van der Waals surface area (Å²) in [6.07, 6.45) is 5.42. The lowest BCUT2D eigenvalue weighted by atomic mass is 10.2. The van der Waals surface area contributed by atoms with E-state index in [1.54, 1.807) is 6.92 Å². The highest BCUT2D eigenvalue weighted by Gasteiger charge is 2.13. The van der Waals surface area contributed by atoms with Crippen LogP contribution in [0.25, 0.3) is 0 Å². The van der Waals surface area contributed by atoms with E-state index in [4.69, 9.17) is 9.47 Å². The molecule has 0 aliphatic carbocycles. The first-order valence-electron chi connectivity index (χ1n) is 6.00. The van der Waals surface area contributed by atoms with Crippen LogP contribution < -0.4 is 0 Å². The summed E-state index contributed by atoms with van der Waals surface area (Å²) in [6, 6.07) is 0. The summed E-state index contributed by atoms with van der Waals surface area (Å²) >= 11 is 0. The third kappa shape index (κ3) is 8.43. The average molecular weight is 216 g/mol. The zero-order valence-electron chi connectivity index (χ0n) is 10.3. The molecule has 1 atom stereocenters. The van der Waals surface area contributed by atoms with E-state index >= 15 is 0 Å². The Morgan fingerprint density at radius 3 is 2.40 bits per heavy atom. The van der Waals surface area contributed by atoms with Crippen LogP contribution in [0.15, 0.2) is 0 Å². The first-order valence-corrected chi connectivity index (χ1v) is 6.00. The van der Waals surface area contributed by atoms with Crippen LogP contribution in [0.4, 0.5) is 0 Å². The first-order chi connectivity index (χ1) is 7.22. The predicted octanol–water partition coefficient (Wildman–Crippen LogP) is 2.93. The van der Waals surface area contributed by atoms with Crippen molar-refractivity contribution in [3.05, 3.63) is 0 Å². The number of unbranched alkanes of at least 4 members (excludes halogenated alkanes) is 4. The highest BCUT2D eigenvalue weighted by Crippen LogP contribution is 2.03. The fraction of sp³-hybridized carbons (Fsp3) is 0.917. The van der Waals surface area contributed by atoms with Crippen molar-refractivity contribution in [1.82, 2.24) is 0 Å². The molecule has 0 radical (unpaired) electrons. The van der Waals surface area contributed by atoms with E-state index in [1.807, 2.05) is 6.92 Å². The molecule has 0 N–H and O–H groups in total.